The second-order valence-corrected chi connectivity index (χ2v) is 5.25. The van der Waals surface area contributed by atoms with E-state index in [4.69, 9.17) is 11.6 Å². The van der Waals surface area contributed by atoms with E-state index in [0.717, 1.165) is 5.56 Å². The van der Waals surface area contributed by atoms with Crippen LogP contribution in [0.2, 0.25) is 5.02 Å². The zero-order valence-electron chi connectivity index (χ0n) is 11.0. The summed E-state index contributed by atoms with van der Waals surface area (Å²) in [5.74, 6) is -1.14. The van der Waals surface area contributed by atoms with Gasteiger partial charge in [-0.2, -0.15) is 0 Å². The number of benzene rings is 2. The molecular weight excluding hydrogens is 293 g/mol. The van der Waals surface area contributed by atoms with Crippen molar-refractivity contribution in [1.29, 1.82) is 0 Å². The number of halogens is 2. The van der Waals surface area contributed by atoms with Crippen molar-refractivity contribution in [2.75, 3.05) is 5.32 Å². The lowest BCUT2D eigenvalue weighted by molar-refractivity contribution is -0.116. The summed E-state index contributed by atoms with van der Waals surface area (Å²) in [5.41, 5.74) is 1.80. The second-order valence-electron chi connectivity index (χ2n) is 4.85. The molecule has 0 saturated heterocycles. The third-order valence-corrected chi connectivity index (χ3v) is 3.77. The monoisotopic (exact) mass is 303 g/mol. The van der Waals surface area contributed by atoms with E-state index in [1.165, 1.54) is 18.2 Å². The Labute approximate surface area is 125 Å². The van der Waals surface area contributed by atoms with Gasteiger partial charge in [0.2, 0.25) is 5.91 Å². The summed E-state index contributed by atoms with van der Waals surface area (Å²) < 4.78 is 13.8. The number of anilines is 1. The fourth-order valence-corrected chi connectivity index (χ4v) is 2.63. The number of nitrogens with one attached hydrogen (secondary N) is 1. The Bertz CT molecular complexity index is 738. The standard InChI is InChI=1S/C16H11ClFNO2/c17-11-2-1-3-12(18)15(11)16(21)10-4-6-13-9(8-10)5-7-14(20)19-13/h1-4,6,8H,5,7H2,(H,19,20). The van der Waals surface area contributed by atoms with Crippen LogP contribution in [0.1, 0.15) is 27.9 Å². The Morgan fingerprint density at radius 2 is 2.00 bits per heavy atom. The highest BCUT2D eigenvalue weighted by Crippen LogP contribution is 2.27. The smallest absolute Gasteiger partial charge is 0.224 e. The predicted molar refractivity (Wildman–Crippen MR) is 78.2 cm³/mol. The Balaban J connectivity index is 2.01. The van der Waals surface area contributed by atoms with Crippen LogP contribution in [0.25, 0.3) is 0 Å². The van der Waals surface area contributed by atoms with E-state index in [0.29, 0.717) is 24.1 Å². The molecule has 0 bridgehead atoms. The average molecular weight is 304 g/mol. The molecule has 0 unspecified atom stereocenters. The Morgan fingerprint density at radius 3 is 2.76 bits per heavy atom. The molecule has 0 saturated carbocycles. The van der Waals surface area contributed by atoms with Gasteiger partial charge in [0.15, 0.2) is 5.78 Å². The minimum atomic E-state index is -0.640. The first-order valence-electron chi connectivity index (χ1n) is 6.48. The normalized spacial score (nSPS) is 13.5. The van der Waals surface area contributed by atoms with Crippen LogP contribution in [0.4, 0.5) is 10.1 Å². The minimum absolute atomic E-state index is 0.0428. The lowest BCUT2D eigenvalue weighted by Crippen LogP contribution is -2.19. The van der Waals surface area contributed by atoms with E-state index >= 15 is 0 Å². The van der Waals surface area contributed by atoms with E-state index in [2.05, 4.69) is 5.32 Å². The summed E-state index contributed by atoms with van der Waals surface area (Å²) in [6, 6.07) is 9.05. The maximum atomic E-state index is 13.8. The average Bonchev–Trinajstić information content (AvgIpc) is 2.46. The number of aryl methyl sites for hydroxylation is 1. The molecule has 106 valence electrons. The molecule has 1 aliphatic rings. The third-order valence-electron chi connectivity index (χ3n) is 3.45. The molecule has 2 aromatic rings. The number of rotatable bonds is 2. The molecule has 0 aromatic heterocycles. The number of ketones is 1. The fourth-order valence-electron chi connectivity index (χ4n) is 2.38. The first kappa shape index (κ1) is 13.8. The summed E-state index contributed by atoms with van der Waals surface area (Å²) in [7, 11) is 0. The zero-order valence-corrected chi connectivity index (χ0v) is 11.7. The van der Waals surface area contributed by atoms with Crippen molar-refractivity contribution in [1.82, 2.24) is 0 Å². The largest absolute Gasteiger partial charge is 0.326 e. The van der Waals surface area contributed by atoms with Crippen LogP contribution in [0.15, 0.2) is 36.4 Å². The fraction of sp³-hybridized carbons (Fsp3) is 0.125. The number of amides is 1. The van der Waals surface area contributed by atoms with Gasteiger partial charge in [-0.25, -0.2) is 4.39 Å². The number of hydrogen-bond donors (Lipinski definition) is 1. The molecule has 0 fully saturated rings. The van der Waals surface area contributed by atoms with Crippen LogP contribution >= 0.6 is 11.6 Å². The molecular formula is C16H11ClFNO2. The van der Waals surface area contributed by atoms with Gasteiger partial charge < -0.3 is 5.32 Å². The minimum Gasteiger partial charge on any atom is -0.326 e. The van der Waals surface area contributed by atoms with Gasteiger partial charge in [0, 0.05) is 17.7 Å². The van der Waals surface area contributed by atoms with Crippen molar-refractivity contribution in [2.24, 2.45) is 0 Å². The van der Waals surface area contributed by atoms with Gasteiger partial charge in [0.1, 0.15) is 5.82 Å². The Kier molecular flexibility index (Phi) is 3.47. The summed E-state index contributed by atoms with van der Waals surface area (Å²) in [6.07, 6.45) is 0.943. The highest BCUT2D eigenvalue weighted by atomic mass is 35.5. The molecule has 3 rings (SSSR count). The number of fused-ring (bicyclic) bond motifs is 1. The summed E-state index contributed by atoms with van der Waals surface area (Å²) in [4.78, 5) is 23.7. The van der Waals surface area contributed by atoms with Crippen molar-refractivity contribution in [3.05, 3.63) is 63.9 Å². The van der Waals surface area contributed by atoms with Crippen molar-refractivity contribution in [3.8, 4) is 0 Å². The molecule has 0 spiro atoms. The van der Waals surface area contributed by atoms with E-state index in [-0.39, 0.29) is 16.5 Å². The lowest BCUT2D eigenvalue weighted by Gasteiger charge is -2.17. The third kappa shape index (κ3) is 2.54. The molecule has 0 radical (unpaired) electrons. The Morgan fingerprint density at radius 1 is 1.19 bits per heavy atom. The lowest BCUT2D eigenvalue weighted by atomic mass is 9.96. The van der Waals surface area contributed by atoms with Gasteiger partial charge in [0.25, 0.3) is 0 Å². The second kappa shape index (κ2) is 5.30. The van der Waals surface area contributed by atoms with Crippen LogP contribution < -0.4 is 5.32 Å². The van der Waals surface area contributed by atoms with Gasteiger partial charge in [-0.05, 0) is 42.3 Å². The van der Waals surface area contributed by atoms with E-state index in [1.54, 1.807) is 18.2 Å². The molecule has 0 aliphatic carbocycles. The van der Waals surface area contributed by atoms with E-state index in [9.17, 15) is 14.0 Å². The van der Waals surface area contributed by atoms with Gasteiger partial charge in [-0.1, -0.05) is 17.7 Å². The highest BCUT2D eigenvalue weighted by molar-refractivity contribution is 6.35. The van der Waals surface area contributed by atoms with Crippen LogP contribution in [-0.2, 0) is 11.2 Å². The molecule has 5 heteroatoms. The number of carbonyl (C=O) groups excluding carboxylic acids is 2. The van der Waals surface area contributed by atoms with E-state index in [1.807, 2.05) is 0 Å². The van der Waals surface area contributed by atoms with Crippen molar-refractivity contribution >= 4 is 29.0 Å². The topological polar surface area (TPSA) is 46.2 Å². The molecule has 1 heterocycles. The molecule has 0 atom stereocenters. The molecule has 21 heavy (non-hydrogen) atoms. The maximum absolute atomic E-state index is 13.8. The van der Waals surface area contributed by atoms with Gasteiger partial charge in [-0.15, -0.1) is 0 Å². The van der Waals surface area contributed by atoms with Crippen LogP contribution in [-0.4, -0.2) is 11.7 Å². The summed E-state index contributed by atoms with van der Waals surface area (Å²) in [5, 5.41) is 2.83. The SMILES string of the molecule is O=C1CCc2cc(C(=O)c3c(F)cccc3Cl)ccc2N1. The van der Waals surface area contributed by atoms with Gasteiger partial charge in [0.05, 0.1) is 10.6 Å². The first-order chi connectivity index (χ1) is 10.1. The first-order valence-corrected chi connectivity index (χ1v) is 6.85. The molecule has 1 amide bonds. The highest BCUT2D eigenvalue weighted by Gasteiger charge is 2.20. The van der Waals surface area contributed by atoms with Crippen molar-refractivity contribution < 1.29 is 14.0 Å². The summed E-state index contributed by atoms with van der Waals surface area (Å²) >= 11 is 5.92. The van der Waals surface area contributed by atoms with E-state index < -0.39 is 11.6 Å². The maximum Gasteiger partial charge on any atom is 0.224 e. The molecule has 2 aromatic carbocycles. The van der Waals surface area contributed by atoms with Crippen LogP contribution in [0, 0.1) is 5.82 Å². The van der Waals surface area contributed by atoms with Crippen LogP contribution in [0.5, 0.6) is 0 Å². The number of hydrogen-bond acceptors (Lipinski definition) is 2. The Hall–Kier alpha value is -2.20. The quantitative estimate of drug-likeness (QED) is 0.862. The zero-order chi connectivity index (χ0) is 15.0. The van der Waals surface area contributed by atoms with Crippen LogP contribution in [0.3, 0.4) is 0 Å². The van der Waals surface area contributed by atoms with Gasteiger partial charge >= 0.3 is 0 Å². The van der Waals surface area contributed by atoms with Crippen molar-refractivity contribution in [2.45, 2.75) is 12.8 Å². The summed E-state index contributed by atoms with van der Waals surface area (Å²) in [6.45, 7) is 0. The molecule has 3 nitrogen and oxygen atoms in total. The van der Waals surface area contributed by atoms with Gasteiger partial charge in [-0.3, -0.25) is 9.59 Å². The predicted octanol–water partition coefficient (Wildman–Crippen LogP) is 3.59. The molecule has 1 aliphatic heterocycles. The number of carbonyl (C=O) groups is 2. The molecule has 1 N–H and O–H groups in total. The van der Waals surface area contributed by atoms with Crippen molar-refractivity contribution in [3.63, 3.8) is 0 Å².